The van der Waals surface area contributed by atoms with E-state index in [4.69, 9.17) is 0 Å². The summed E-state index contributed by atoms with van der Waals surface area (Å²) in [7, 11) is 0. The number of benzene rings is 1. The first kappa shape index (κ1) is 15.4. The van der Waals surface area contributed by atoms with E-state index in [2.05, 4.69) is 0 Å². The van der Waals surface area contributed by atoms with E-state index in [1.54, 1.807) is 12.1 Å². The standard InChI is InChI=1S/C17H21NO3/c1-12(2)15(19)5-3-4-13-6-8-14(9-7-13)18-16(20)10-11-17(18)21/h6-9,12H,3-5,10-11H2,1-2H3. The number of ketones is 1. The molecule has 0 atom stereocenters. The zero-order valence-electron chi connectivity index (χ0n) is 12.6. The molecule has 0 N–H and O–H groups in total. The van der Waals surface area contributed by atoms with Crippen LogP contribution in [0.3, 0.4) is 0 Å². The molecule has 2 amide bonds. The van der Waals surface area contributed by atoms with Crippen molar-refractivity contribution in [3.05, 3.63) is 29.8 Å². The second kappa shape index (κ2) is 6.66. The van der Waals surface area contributed by atoms with Crippen LogP contribution >= 0.6 is 0 Å². The normalized spacial score (nSPS) is 15.1. The highest BCUT2D eigenvalue weighted by Gasteiger charge is 2.29. The average molecular weight is 287 g/mol. The van der Waals surface area contributed by atoms with Crippen LogP contribution in [0.1, 0.15) is 45.1 Å². The van der Waals surface area contributed by atoms with Gasteiger partial charge < -0.3 is 0 Å². The minimum absolute atomic E-state index is 0.0968. The number of carbonyl (C=O) groups is 3. The van der Waals surface area contributed by atoms with Crippen LogP contribution in [0.15, 0.2) is 24.3 Å². The molecule has 1 heterocycles. The monoisotopic (exact) mass is 287 g/mol. The lowest BCUT2D eigenvalue weighted by Crippen LogP contribution is -2.28. The zero-order chi connectivity index (χ0) is 15.4. The van der Waals surface area contributed by atoms with Gasteiger partial charge in [0.25, 0.3) is 0 Å². The van der Waals surface area contributed by atoms with Crippen molar-refractivity contribution < 1.29 is 14.4 Å². The Balaban J connectivity index is 1.92. The SMILES string of the molecule is CC(C)C(=O)CCCc1ccc(N2C(=O)CCC2=O)cc1. The highest BCUT2D eigenvalue weighted by Crippen LogP contribution is 2.23. The first-order chi connectivity index (χ1) is 9.99. The highest BCUT2D eigenvalue weighted by atomic mass is 16.2. The maximum Gasteiger partial charge on any atom is 0.234 e. The second-order valence-electron chi connectivity index (χ2n) is 5.76. The predicted octanol–water partition coefficient (Wildman–Crippen LogP) is 2.89. The molecule has 1 aliphatic rings. The fourth-order valence-corrected chi connectivity index (χ4v) is 2.43. The Hall–Kier alpha value is -1.97. The van der Waals surface area contributed by atoms with Crippen molar-refractivity contribution in [2.45, 2.75) is 46.0 Å². The van der Waals surface area contributed by atoms with Gasteiger partial charge in [-0.15, -0.1) is 0 Å². The van der Waals surface area contributed by atoms with Gasteiger partial charge in [-0.3, -0.25) is 19.3 Å². The molecule has 0 unspecified atom stereocenters. The van der Waals surface area contributed by atoms with Gasteiger partial charge in [0.05, 0.1) is 5.69 Å². The fourth-order valence-electron chi connectivity index (χ4n) is 2.43. The molecule has 1 fully saturated rings. The molecule has 1 saturated heterocycles. The third-order valence-corrected chi connectivity index (χ3v) is 3.78. The van der Waals surface area contributed by atoms with Crippen LogP contribution in [-0.4, -0.2) is 17.6 Å². The van der Waals surface area contributed by atoms with Gasteiger partial charge in [0.15, 0.2) is 0 Å². The lowest BCUT2D eigenvalue weighted by molar-refractivity contribution is -0.122. The Morgan fingerprint density at radius 3 is 2.19 bits per heavy atom. The molecule has 21 heavy (non-hydrogen) atoms. The number of Topliss-reactive ketones (excluding diaryl/α,β-unsaturated/α-hetero) is 1. The Kier molecular flexibility index (Phi) is 4.89. The van der Waals surface area contributed by atoms with Crippen LogP contribution in [-0.2, 0) is 20.8 Å². The van der Waals surface area contributed by atoms with Gasteiger partial charge in [0, 0.05) is 25.2 Å². The van der Waals surface area contributed by atoms with Gasteiger partial charge in [-0.1, -0.05) is 26.0 Å². The van der Waals surface area contributed by atoms with E-state index < -0.39 is 0 Å². The van der Waals surface area contributed by atoms with Gasteiger partial charge in [-0.05, 0) is 30.5 Å². The molecule has 0 spiro atoms. The Labute approximate surface area is 125 Å². The highest BCUT2D eigenvalue weighted by molar-refractivity contribution is 6.19. The summed E-state index contributed by atoms with van der Waals surface area (Å²) < 4.78 is 0. The summed E-state index contributed by atoms with van der Waals surface area (Å²) in [5, 5.41) is 0. The number of aryl methyl sites for hydroxylation is 1. The van der Waals surface area contributed by atoms with Crippen molar-refractivity contribution in [2.24, 2.45) is 5.92 Å². The van der Waals surface area contributed by atoms with E-state index in [0.717, 1.165) is 18.4 Å². The van der Waals surface area contributed by atoms with Crippen molar-refractivity contribution in [2.75, 3.05) is 4.90 Å². The summed E-state index contributed by atoms with van der Waals surface area (Å²) in [6, 6.07) is 7.46. The van der Waals surface area contributed by atoms with E-state index >= 15 is 0 Å². The first-order valence-corrected chi connectivity index (χ1v) is 7.46. The van der Waals surface area contributed by atoms with E-state index in [-0.39, 0.29) is 17.7 Å². The summed E-state index contributed by atoms with van der Waals surface area (Å²) in [4.78, 5) is 36.1. The number of anilines is 1. The average Bonchev–Trinajstić information content (AvgIpc) is 2.79. The third-order valence-electron chi connectivity index (χ3n) is 3.78. The lowest BCUT2D eigenvalue weighted by Gasteiger charge is -2.14. The molecular weight excluding hydrogens is 266 g/mol. The van der Waals surface area contributed by atoms with Gasteiger partial charge in [-0.2, -0.15) is 0 Å². The van der Waals surface area contributed by atoms with Crippen LogP contribution in [0.4, 0.5) is 5.69 Å². The van der Waals surface area contributed by atoms with Crippen molar-refractivity contribution >= 4 is 23.3 Å². The molecule has 0 aromatic heterocycles. The summed E-state index contributed by atoms with van der Waals surface area (Å²) in [5.41, 5.74) is 1.76. The number of nitrogens with zero attached hydrogens (tertiary/aromatic N) is 1. The molecule has 1 aromatic rings. The van der Waals surface area contributed by atoms with Crippen molar-refractivity contribution in [3.8, 4) is 0 Å². The molecule has 0 aliphatic carbocycles. The number of amides is 2. The minimum Gasteiger partial charge on any atom is -0.299 e. The van der Waals surface area contributed by atoms with E-state index in [9.17, 15) is 14.4 Å². The van der Waals surface area contributed by atoms with E-state index in [0.29, 0.717) is 30.7 Å². The van der Waals surface area contributed by atoms with Crippen LogP contribution in [0.2, 0.25) is 0 Å². The molecule has 1 aromatic carbocycles. The summed E-state index contributed by atoms with van der Waals surface area (Å²) in [5.74, 6) is 0.130. The quantitative estimate of drug-likeness (QED) is 0.756. The topological polar surface area (TPSA) is 54.5 Å². The van der Waals surface area contributed by atoms with Crippen molar-refractivity contribution in [1.82, 2.24) is 0 Å². The smallest absolute Gasteiger partial charge is 0.234 e. The lowest BCUT2D eigenvalue weighted by atomic mass is 10.0. The fraction of sp³-hybridized carbons (Fsp3) is 0.471. The largest absolute Gasteiger partial charge is 0.299 e. The first-order valence-electron chi connectivity index (χ1n) is 7.46. The number of hydrogen-bond acceptors (Lipinski definition) is 3. The van der Waals surface area contributed by atoms with Crippen LogP contribution in [0, 0.1) is 5.92 Å². The Morgan fingerprint density at radius 2 is 1.67 bits per heavy atom. The molecule has 1 aliphatic heterocycles. The summed E-state index contributed by atoms with van der Waals surface area (Å²) in [6.45, 7) is 3.84. The minimum atomic E-state index is -0.129. The number of carbonyl (C=O) groups excluding carboxylic acids is 3. The molecule has 0 radical (unpaired) electrons. The van der Waals surface area contributed by atoms with Crippen LogP contribution in [0.5, 0.6) is 0 Å². The van der Waals surface area contributed by atoms with Gasteiger partial charge in [0.1, 0.15) is 5.78 Å². The van der Waals surface area contributed by atoms with Crippen molar-refractivity contribution in [3.63, 3.8) is 0 Å². The molecule has 0 saturated carbocycles. The number of imide groups is 1. The van der Waals surface area contributed by atoms with Gasteiger partial charge >= 0.3 is 0 Å². The summed E-state index contributed by atoms with van der Waals surface area (Å²) in [6.07, 6.45) is 2.87. The Morgan fingerprint density at radius 1 is 1.10 bits per heavy atom. The van der Waals surface area contributed by atoms with E-state index in [1.807, 2.05) is 26.0 Å². The molecule has 0 bridgehead atoms. The molecule has 112 valence electrons. The molecule has 4 nitrogen and oxygen atoms in total. The van der Waals surface area contributed by atoms with Crippen molar-refractivity contribution in [1.29, 1.82) is 0 Å². The molecular formula is C17H21NO3. The van der Waals surface area contributed by atoms with Gasteiger partial charge in [0.2, 0.25) is 11.8 Å². The van der Waals surface area contributed by atoms with E-state index in [1.165, 1.54) is 4.90 Å². The molecule has 4 heteroatoms. The predicted molar refractivity (Wildman–Crippen MR) is 81.0 cm³/mol. The zero-order valence-corrected chi connectivity index (χ0v) is 12.6. The summed E-state index contributed by atoms with van der Waals surface area (Å²) >= 11 is 0. The van der Waals surface area contributed by atoms with Gasteiger partial charge in [-0.25, -0.2) is 0 Å². The maximum atomic E-state index is 11.6. The van der Waals surface area contributed by atoms with Crippen LogP contribution < -0.4 is 4.90 Å². The molecule has 2 rings (SSSR count). The maximum absolute atomic E-state index is 11.6. The van der Waals surface area contributed by atoms with Crippen LogP contribution in [0.25, 0.3) is 0 Å². The number of rotatable bonds is 6. The second-order valence-corrected chi connectivity index (χ2v) is 5.76. The third kappa shape index (κ3) is 3.78. The number of hydrogen-bond donors (Lipinski definition) is 0. The Bertz CT molecular complexity index is 530.